The second-order valence-corrected chi connectivity index (χ2v) is 20.7. The topological polar surface area (TPSA) is 267 Å². The molecule has 25 heteroatoms. The van der Waals surface area contributed by atoms with Crippen molar-refractivity contribution < 1.29 is 112 Å². The Morgan fingerprint density at radius 3 is 1.44 bits per heavy atom. The first-order valence-electron chi connectivity index (χ1n) is 24.9. The van der Waals surface area contributed by atoms with Crippen molar-refractivity contribution >= 4 is 73.1 Å². The minimum atomic E-state index is -0.833. The molecule has 0 saturated carbocycles. The van der Waals surface area contributed by atoms with E-state index < -0.39 is 35.1 Å². The first-order chi connectivity index (χ1) is 35.5. The minimum Gasteiger partial charge on any atom is -0.793 e. The molecule has 427 valence electrons. The van der Waals surface area contributed by atoms with E-state index >= 15 is 0 Å². The molecule has 4 saturated heterocycles. The van der Waals surface area contributed by atoms with E-state index in [9.17, 15) is 33.9 Å². The molecule has 3 radical (unpaired) electrons. The summed E-state index contributed by atoms with van der Waals surface area (Å²) in [7, 11) is 4.32. The number of amides is 2. The summed E-state index contributed by atoms with van der Waals surface area (Å²) in [5.74, 6) is -2.35. The van der Waals surface area contributed by atoms with E-state index in [-0.39, 0.29) is 79.0 Å². The Kier molecular flexibility index (Phi) is 36.5. The number of ether oxygens (including phenoxy) is 4. The molecule has 0 spiro atoms. The molecule has 2 aromatic rings. The van der Waals surface area contributed by atoms with Crippen LogP contribution in [0, 0.1) is 0 Å². The quantitative estimate of drug-likeness (QED) is 0.176. The number of likely N-dealkylation sites (tertiary alicyclic amines) is 2. The van der Waals surface area contributed by atoms with E-state index in [4.69, 9.17) is 57.2 Å². The van der Waals surface area contributed by atoms with Crippen molar-refractivity contribution in [2.45, 2.75) is 149 Å². The largest absolute Gasteiger partial charge is 1.00 e. The summed E-state index contributed by atoms with van der Waals surface area (Å²) >= 11 is 11.8. The first-order valence-corrected chi connectivity index (χ1v) is 25.6. The minimum absolute atomic E-state index is 0. The first kappa shape index (κ1) is 72.9. The van der Waals surface area contributed by atoms with Crippen molar-refractivity contribution in [1.29, 1.82) is 0 Å². The summed E-state index contributed by atoms with van der Waals surface area (Å²) in [5, 5.41) is 30.8. The molecule has 4 aliphatic heterocycles. The zero-order valence-corrected chi connectivity index (χ0v) is 50.1. The molecule has 21 nitrogen and oxygen atoms in total. The van der Waals surface area contributed by atoms with Crippen molar-refractivity contribution in [1.82, 2.24) is 20.0 Å². The van der Waals surface area contributed by atoms with Crippen LogP contribution in [-0.2, 0) is 70.2 Å². The van der Waals surface area contributed by atoms with E-state index in [1.807, 2.05) is 77.9 Å². The molecule has 77 heavy (non-hydrogen) atoms. The molecule has 2 amide bonds. The standard InChI is InChI=1S/C22H33ClN2O4.C12H16ClNO2.C10H17NO3.C4H6O4.C2H3BO2.C2H4O2.Na/c1-22(2,3)29-21(27)24-10-8-18(9-11-24)25-13-20(14-26)28-15-19(25)12-16-4-6-17(23)7-5-16;13-10-3-1-9(2-4-10)5-11-8-16-12(7-15)6-14-11;1-10(2,3)14-9(13)11-6-4-8(12)5-7-11;1-3(5)7-8-4(2)6;1-2(4)5-3;1-2(3)4;/h4-7,18-20,26H,8-15H2,1-3H3;1-4,11-12,14-15H,5-8H2;4-7H2,1-3H3;1-2H3;1H3;1H3,(H,3,4);/q;;;;-1;;+1/t19?,20-;11?,12-;;;;;/m11...../s1. The summed E-state index contributed by atoms with van der Waals surface area (Å²) in [4.78, 5) is 86.5. The predicted octanol–water partition coefficient (Wildman–Crippen LogP) is 2.92. The van der Waals surface area contributed by atoms with E-state index in [0.29, 0.717) is 70.9 Å². The number of benzene rings is 2. The number of morpholine rings is 2. The second-order valence-electron chi connectivity index (χ2n) is 19.9. The molecule has 4 fully saturated rings. The number of nitrogens with one attached hydrogen (secondary N) is 1. The molecule has 0 aromatic heterocycles. The number of hydrogen-bond donors (Lipinski definition) is 4. The Morgan fingerprint density at radius 1 is 0.675 bits per heavy atom. The number of Topliss-reactive ketones (excluding diaryl/α,β-unsaturated/α-hetero) is 1. The number of aliphatic hydroxyl groups is 2. The maximum Gasteiger partial charge on any atom is 1.00 e. The molecule has 4 N–H and O–H groups in total. The van der Waals surface area contributed by atoms with Crippen LogP contribution >= 0.6 is 23.2 Å². The van der Waals surface area contributed by atoms with E-state index in [1.165, 1.54) is 18.1 Å². The molecule has 4 atom stereocenters. The third-order valence-electron chi connectivity index (χ3n) is 10.8. The molecule has 6 rings (SSSR count). The number of carbonyl (C=O) groups is 7. The average Bonchev–Trinajstić information content (AvgIpc) is 3.35. The van der Waals surface area contributed by atoms with Gasteiger partial charge >= 0.3 is 53.7 Å². The second kappa shape index (κ2) is 38.5. The number of carboxylic acid groups (broad SMARTS) is 1. The molecule has 4 heterocycles. The number of aliphatic hydroxyl groups excluding tert-OH is 2. The molecule has 2 unspecified atom stereocenters. The van der Waals surface area contributed by atoms with Crippen molar-refractivity contribution in [2.75, 3.05) is 65.7 Å². The molecule has 0 aliphatic carbocycles. The van der Waals surface area contributed by atoms with Crippen LogP contribution in [0.15, 0.2) is 48.5 Å². The van der Waals surface area contributed by atoms with Gasteiger partial charge in [0.1, 0.15) is 17.0 Å². The number of hydrogen-bond acceptors (Lipinski definition) is 18. The van der Waals surface area contributed by atoms with Gasteiger partial charge in [0, 0.05) is 108 Å². The Morgan fingerprint density at radius 2 is 1.08 bits per heavy atom. The number of aliphatic carboxylic acids is 1. The Labute approximate surface area is 486 Å². The molecule has 4 aliphatic rings. The van der Waals surface area contributed by atoms with Gasteiger partial charge in [0.05, 0.1) is 38.6 Å². The predicted molar refractivity (Wildman–Crippen MR) is 283 cm³/mol. The number of carbonyl (C=O) groups excluding carboxylic acids is 6. The number of rotatable bonds is 7. The van der Waals surface area contributed by atoms with Crippen molar-refractivity contribution in [2.24, 2.45) is 0 Å². The zero-order valence-electron chi connectivity index (χ0n) is 46.6. The number of halogens is 2. The van der Waals surface area contributed by atoms with Crippen LogP contribution in [0.2, 0.25) is 10.0 Å². The summed E-state index contributed by atoms with van der Waals surface area (Å²) in [5.41, 5.74) is 1.53. The van der Waals surface area contributed by atoms with Gasteiger partial charge in [0.15, 0.2) is 0 Å². The number of nitrogens with zero attached hydrogens (tertiary/aromatic N) is 3. The maximum atomic E-state index is 12.4. The maximum absolute atomic E-state index is 12.4. The van der Waals surface area contributed by atoms with E-state index in [2.05, 4.69) is 44.8 Å². The number of ketones is 1. The van der Waals surface area contributed by atoms with Gasteiger partial charge in [0.2, 0.25) is 5.97 Å². The smallest absolute Gasteiger partial charge is 0.793 e. The summed E-state index contributed by atoms with van der Waals surface area (Å²) < 4.78 is 25.7. The van der Waals surface area contributed by atoms with Crippen LogP contribution in [0.25, 0.3) is 0 Å². The monoisotopic (exact) mass is 1140 g/mol. The fraction of sp³-hybridized carbons (Fsp3) is 0.635. The molecular weight excluding hydrogens is 1060 g/mol. The fourth-order valence-corrected chi connectivity index (χ4v) is 7.57. The van der Waals surface area contributed by atoms with E-state index in [1.54, 1.807) is 9.80 Å². The van der Waals surface area contributed by atoms with Gasteiger partial charge in [-0.25, -0.2) is 29.0 Å². The van der Waals surface area contributed by atoms with Crippen LogP contribution in [0.3, 0.4) is 0 Å². The average molecular weight is 1140 g/mol. The van der Waals surface area contributed by atoms with Gasteiger partial charge in [-0.2, -0.15) is 0 Å². The van der Waals surface area contributed by atoms with Crippen LogP contribution in [-0.4, -0.2) is 187 Å². The van der Waals surface area contributed by atoms with Crippen molar-refractivity contribution in [3.63, 3.8) is 0 Å². The third-order valence-corrected chi connectivity index (χ3v) is 11.3. The Balaban J connectivity index is 0.00000102. The van der Waals surface area contributed by atoms with Crippen LogP contribution in [0.1, 0.15) is 106 Å². The van der Waals surface area contributed by atoms with Crippen molar-refractivity contribution in [3.8, 4) is 0 Å². The molecular formula is C52H79BCl2N4NaO17. The summed E-state index contributed by atoms with van der Waals surface area (Å²) in [6, 6.07) is 16.7. The Bertz CT molecular complexity index is 2040. The molecule has 2 aromatic carbocycles. The molecule has 0 bridgehead atoms. The van der Waals surface area contributed by atoms with Crippen LogP contribution in [0.5, 0.6) is 0 Å². The summed E-state index contributed by atoms with van der Waals surface area (Å²) in [6.07, 6.45) is 3.76. The van der Waals surface area contributed by atoms with Gasteiger partial charge in [-0.3, -0.25) is 19.3 Å². The van der Waals surface area contributed by atoms with Crippen molar-refractivity contribution in [3.05, 3.63) is 69.7 Å². The SMILES string of the molecule is CC(=O)O.CC(=O)OOC(C)=O.CC(C)(C)OC(=O)N1CCC(=O)CC1.CC(C)(C)OC(=O)N1CCC(N2C[C@H](CO)OCC2Cc2ccc(Cl)cc2)CC1.OC[C@H]1CNC(Cc2ccc(Cl)cc2)CO1.[B-]OC(C)=O.[Na+]. The van der Waals surface area contributed by atoms with E-state index in [0.717, 1.165) is 63.0 Å². The zero-order chi connectivity index (χ0) is 57.6. The van der Waals surface area contributed by atoms with Gasteiger partial charge < -0.3 is 62.1 Å². The third kappa shape index (κ3) is 35.2. The van der Waals surface area contributed by atoms with Gasteiger partial charge in [0.25, 0.3) is 5.97 Å². The van der Waals surface area contributed by atoms with Gasteiger partial charge in [-0.1, -0.05) is 47.5 Å². The fourth-order valence-electron chi connectivity index (χ4n) is 7.32. The van der Waals surface area contributed by atoms with Crippen LogP contribution < -0.4 is 34.9 Å². The number of piperidine rings is 2. The van der Waals surface area contributed by atoms with Crippen LogP contribution in [0.4, 0.5) is 9.59 Å². The normalized spacial score (nSPS) is 19.4. The summed E-state index contributed by atoms with van der Waals surface area (Å²) in [6.45, 7) is 20.9. The van der Waals surface area contributed by atoms with Gasteiger partial charge in [-0.05, 0) is 103 Å². The van der Waals surface area contributed by atoms with Gasteiger partial charge in [-0.15, -0.1) is 0 Å². The number of carboxylic acids is 1. The Hall–Kier alpha value is -4.07.